The van der Waals surface area contributed by atoms with Crippen LogP contribution >= 0.6 is 0 Å². The number of ether oxygens (including phenoxy) is 2. The van der Waals surface area contributed by atoms with E-state index in [0.29, 0.717) is 17.9 Å². The number of esters is 1. The van der Waals surface area contributed by atoms with E-state index >= 15 is 0 Å². The lowest BCUT2D eigenvalue weighted by Gasteiger charge is -2.07. The Morgan fingerprint density at radius 1 is 1.57 bits per heavy atom. The van der Waals surface area contributed by atoms with Crippen LogP contribution in [0.25, 0.3) is 0 Å². The van der Waals surface area contributed by atoms with Crippen molar-refractivity contribution in [1.29, 1.82) is 0 Å². The predicted octanol–water partition coefficient (Wildman–Crippen LogP) is -0.334. The van der Waals surface area contributed by atoms with Gasteiger partial charge in [-0.15, -0.1) is 0 Å². The minimum Gasteiger partial charge on any atom is -0.492 e. The molecule has 1 aliphatic rings. The van der Waals surface area contributed by atoms with Crippen LogP contribution in [0.5, 0.6) is 5.75 Å². The van der Waals surface area contributed by atoms with Crippen LogP contribution in [0, 0.1) is 0 Å². The molecule has 4 heteroatoms. The Morgan fingerprint density at radius 3 is 3.07 bits per heavy atom. The standard InChI is InChI=1S/C10H11BO3/c1-13-10(12)8-5-7(11)4-6-2-3-14-9(6)8/h4-5H,2-3,11H2,1H3. The van der Waals surface area contributed by atoms with E-state index in [1.165, 1.54) is 7.11 Å². The SMILES string of the molecule is Bc1cc2c(c(C(=O)OC)c1)OCC2. The van der Waals surface area contributed by atoms with Gasteiger partial charge in [0, 0.05) is 6.42 Å². The van der Waals surface area contributed by atoms with E-state index in [0.717, 1.165) is 17.4 Å². The van der Waals surface area contributed by atoms with Gasteiger partial charge in [0.2, 0.25) is 0 Å². The minimum atomic E-state index is -0.327. The lowest BCUT2D eigenvalue weighted by molar-refractivity contribution is 0.0597. The molecular formula is C10H11BO3. The van der Waals surface area contributed by atoms with Crippen LogP contribution in [0.1, 0.15) is 15.9 Å². The van der Waals surface area contributed by atoms with Crippen molar-refractivity contribution in [2.45, 2.75) is 6.42 Å². The molecule has 1 aromatic carbocycles. The maximum Gasteiger partial charge on any atom is 0.341 e. The zero-order chi connectivity index (χ0) is 10.1. The summed E-state index contributed by atoms with van der Waals surface area (Å²) in [5, 5.41) is 0. The topological polar surface area (TPSA) is 35.5 Å². The van der Waals surface area contributed by atoms with Gasteiger partial charge >= 0.3 is 5.97 Å². The smallest absolute Gasteiger partial charge is 0.341 e. The first-order valence-corrected chi connectivity index (χ1v) is 4.57. The van der Waals surface area contributed by atoms with Crippen LogP contribution in [0.2, 0.25) is 0 Å². The van der Waals surface area contributed by atoms with Crippen LogP contribution in [0.15, 0.2) is 12.1 Å². The quantitative estimate of drug-likeness (QED) is 0.449. The molecule has 0 fully saturated rings. The highest BCUT2D eigenvalue weighted by molar-refractivity contribution is 6.33. The number of methoxy groups -OCH3 is 1. The third-order valence-corrected chi connectivity index (χ3v) is 2.33. The zero-order valence-electron chi connectivity index (χ0n) is 8.29. The lowest BCUT2D eigenvalue weighted by Crippen LogP contribution is -2.10. The third-order valence-electron chi connectivity index (χ3n) is 2.33. The molecule has 0 aliphatic carbocycles. The Labute approximate surface area is 83.4 Å². The second-order valence-corrected chi connectivity index (χ2v) is 3.39. The zero-order valence-corrected chi connectivity index (χ0v) is 8.29. The second-order valence-electron chi connectivity index (χ2n) is 3.39. The summed E-state index contributed by atoms with van der Waals surface area (Å²) in [4.78, 5) is 11.4. The molecule has 0 atom stereocenters. The van der Waals surface area contributed by atoms with Crippen LogP contribution in [0.4, 0.5) is 0 Å². The highest BCUT2D eigenvalue weighted by Crippen LogP contribution is 2.28. The first-order chi connectivity index (χ1) is 6.72. The molecule has 0 saturated carbocycles. The molecule has 1 aromatic rings. The summed E-state index contributed by atoms with van der Waals surface area (Å²) in [6.45, 7) is 0.656. The Hall–Kier alpha value is -1.45. The fraction of sp³-hybridized carbons (Fsp3) is 0.300. The van der Waals surface area contributed by atoms with Gasteiger partial charge in [-0.1, -0.05) is 17.6 Å². The summed E-state index contributed by atoms with van der Waals surface area (Å²) >= 11 is 0. The van der Waals surface area contributed by atoms with Gasteiger partial charge in [-0.2, -0.15) is 0 Å². The summed E-state index contributed by atoms with van der Waals surface area (Å²) in [5.74, 6) is 0.370. The van der Waals surface area contributed by atoms with Crippen molar-refractivity contribution in [3.63, 3.8) is 0 Å². The van der Waals surface area contributed by atoms with Crippen LogP contribution < -0.4 is 10.2 Å². The Morgan fingerprint density at radius 2 is 2.36 bits per heavy atom. The fourth-order valence-corrected chi connectivity index (χ4v) is 1.73. The number of hydrogen-bond donors (Lipinski definition) is 0. The van der Waals surface area contributed by atoms with Gasteiger partial charge in [0.15, 0.2) is 0 Å². The molecule has 72 valence electrons. The number of carbonyl (C=O) groups excluding carboxylic acids is 1. The number of hydrogen-bond acceptors (Lipinski definition) is 3. The highest BCUT2D eigenvalue weighted by atomic mass is 16.5. The second kappa shape index (κ2) is 3.37. The summed E-state index contributed by atoms with van der Waals surface area (Å²) in [7, 11) is 3.34. The molecule has 0 spiro atoms. The van der Waals surface area contributed by atoms with E-state index in [9.17, 15) is 4.79 Å². The van der Waals surface area contributed by atoms with E-state index < -0.39 is 0 Å². The lowest BCUT2D eigenvalue weighted by atomic mass is 9.91. The van der Waals surface area contributed by atoms with Crippen LogP contribution in [0.3, 0.4) is 0 Å². The van der Waals surface area contributed by atoms with Crippen molar-refractivity contribution in [3.8, 4) is 5.75 Å². The maximum absolute atomic E-state index is 11.4. The minimum absolute atomic E-state index is 0.327. The average Bonchev–Trinajstić information content (AvgIpc) is 2.62. The maximum atomic E-state index is 11.4. The Kier molecular flexibility index (Phi) is 2.19. The largest absolute Gasteiger partial charge is 0.492 e. The molecule has 14 heavy (non-hydrogen) atoms. The molecule has 0 saturated heterocycles. The Bertz CT molecular complexity index is 387. The number of rotatable bonds is 1. The van der Waals surface area contributed by atoms with Gasteiger partial charge < -0.3 is 9.47 Å². The molecule has 3 nitrogen and oxygen atoms in total. The van der Waals surface area contributed by atoms with Gasteiger partial charge in [-0.3, -0.25) is 0 Å². The normalized spacial score (nSPS) is 13.2. The van der Waals surface area contributed by atoms with E-state index in [1.807, 2.05) is 7.85 Å². The third kappa shape index (κ3) is 1.37. The van der Waals surface area contributed by atoms with Crippen LogP contribution in [-0.4, -0.2) is 27.5 Å². The summed E-state index contributed by atoms with van der Waals surface area (Å²) < 4.78 is 10.1. The molecular weight excluding hydrogens is 179 g/mol. The van der Waals surface area contributed by atoms with Gasteiger partial charge in [-0.05, 0) is 5.56 Å². The van der Waals surface area contributed by atoms with E-state index in [4.69, 9.17) is 9.47 Å². The number of fused-ring (bicyclic) bond motifs is 1. The molecule has 0 N–H and O–H groups in total. The first kappa shape index (κ1) is 9.12. The van der Waals surface area contributed by atoms with Crippen LogP contribution in [-0.2, 0) is 11.2 Å². The number of benzene rings is 1. The predicted molar refractivity (Wildman–Crippen MR) is 55.2 cm³/mol. The molecule has 2 rings (SSSR count). The van der Waals surface area contributed by atoms with Crippen molar-refractivity contribution < 1.29 is 14.3 Å². The monoisotopic (exact) mass is 190 g/mol. The van der Waals surface area contributed by atoms with Crippen molar-refractivity contribution in [2.24, 2.45) is 0 Å². The average molecular weight is 190 g/mol. The van der Waals surface area contributed by atoms with E-state index in [2.05, 4.69) is 6.07 Å². The molecule has 0 unspecified atom stereocenters. The highest BCUT2D eigenvalue weighted by Gasteiger charge is 2.21. The van der Waals surface area contributed by atoms with E-state index in [1.54, 1.807) is 6.07 Å². The van der Waals surface area contributed by atoms with Gasteiger partial charge in [0.05, 0.1) is 13.7 Å². The molecule has 0 amide bonds. The molecule has 1 heterocycles. The van der Waals surface area contributed by atoms with Gasteiger partial charge in [0.25, 0.3) is 0 Å². The van der Waals surface area contributed by atoms with Gasteiger partial charge in [0.1, 0.15) is 19.2 Å². The van der Waals surface area contributed by atoms with Crippen molar-refractivity contribution in [3.05, 3.63) is 23.3 Å². The first-order valence-electron chi connectivity index (χ1n) is 4.57. The van der Waals surface area contributed by atoms with Gasteiger partial charge in [-0.25, -0.2) is 4.79 Å². The Balaban J connectivity index is 2.54. The molecule has 0 radical (unpaired) electrons. The van der Waals surface area contributed by atoms with Crippen molar-refractivity contribution in [1.82, 2.24) is 0 Å². The van der Waals surface area contributed by atoms with E-state index in [-0.39, 0.29) is 5.97 Å². The summed E-state index contributed by atoms with van der Waals surface area (Å²) in [5.41, 5.74) is 2.71. The molecule has 0 aromatic heterocycles. The van der Waals surface area contributed by atoms with Crippen molar-refractivity contribution >= 4 is 19.3 Å². The summed E-state index contributed by atoms with van der Waals surface area (Å²) in [6.07, 6.45) is 0.876. The fourth-order valence-electron chi connectivity index (χ4n) is 1.73. The number of carbonyl (C=O) groups is 1. The molecule has 0 bridgehead atoms. The molecule has 1 aliphatic heterocycles. The summed E-state index contributed by atoms with van der Waals surface area (Å²) in [6, 6.07) is 3.85. The van der Waals surface area contributed by atoms with Crippen molar-refractivity contribution in [2.75, 3.05) is 13.7 Å².